The molecule has 0 unspecified atom stereocenters. The molecule has 3 rings (SSSR count). The van der Waals surface area contributed by atoms with Gasteiger partial charge in [-0.25, -0.2) is 0 Å². The summed E-state index contributed by atoms with van der Waals surface area (Å²) >= 11 is 0. The fourth-order valence-electron chi connectivity index (χ4n) is 2.93. The minimum absolute atomic E-state index is 0.405. The van der Waals surface area contributed by atoms with Crippen LogP contribution in [0.3, 0.4) is 0 Å². The Bertz CT molecular complexity index is 515. The highest BCUT2D eigenvalue weighted by Crippen LogP contribution is 2.33. The third-order valence-corrected chi connectivity index (χ3v) is 3.95. The maximum atomic E-state index is 11.5. The van der Waals surface area contributed by atoms with Gasteiger partial charge in [0.1, 0.15) is 5.78 Å². The van der Waals surface area contributed by atoms with E-state index in [4.69, 9.17) is 0 Å². The predicted octanol–water partition coefficient (Wildman–Crippen LogP) is 4.34. The van der Waals surface area contributed by atoms with Crippen LogP contribution in [0.1, 0.15) is 25.7 Å². The molecule has 2 nitrogen and oxygen atoms in total. The summed E-state index contributed by atoms with van der Waals surface area (Å²) in [5, 5.41) is 0. The normalized spacial score (nSPS) is 16.1. The molecule has 0 amide bonds. The molecule has 0 aromatic heterocycles. The number of hydrogen-bond donors (Lipinski definition) is 0. The van der Waals surface area contributed by atoms with Gasteiger partial charge in [-0.15, -0.1) is 0 Å². The van der Waals surface area contributed by atoms with Gasteiger partial charge in [-0.2, -0.15) is 0 Å². The van der Waals surface area contributed by atoms with Crippen molar-refractivity contribution in [3.63, 3.8) is 0 Å². The Hall–Kier alpha value is -2.09. The Morgan fingerprint density at radius 3 is 1.65 bits per heavy atom. The van der Waals surface area contributed by atoms with Gasteiger partial charge in [0, 0.05) is 30.3 Å². The van der Waals surface area contributed by atoms with Gasteiger partial charge in [-0.3, -0.25) is 4.79 Å². The molecule has 2 heteroatoms. The zero-order valence-electron chi connectivity index (χ0n) is 11.5. The van der Waals surface area contributed by atoms with Gasteiger partial charge < -0.3 is 4.90 Å². The first-order chi connectivity index (χ1) is 9.84. The average Bonchev–Trinajstić information content (AvgIpc) is 2.52. The summed E-state index contributed by atoms with van der Waals surface area (Å²) in [7, 11) is 0. The van der Waals surface area contributed by atoms with E-state index < -0.39 is 0 Å². The van der Waals surface area contributed by atoms with Crippen LogP contribution in [0.25, 0.3) is 0 Å². The summed E-state index contributed by atoms with van der Waals surface area (Å²) in [5.74, 6) is 0.405. The Kier molecular flexibility index (Phi) is 3.82. The smallest absolute Gasteiger partial charge is 0.133 e. The van der Waals surface area contributed by atoms with Crippen LogP contribution in [0.2, 0.25) is 0 Å². The molecule has 0 spiro atoms. The fourth-order valence-corrected chi connectivity index (χ4v) is 2.93. The molecule has 1 aliphatic carbocycles. The largest absolute Gasteiger partial charge is 0.338 e. The second kappa shape index (κ2) is 5.91. The van der Waals surface area contributed by atoms with Crippen LogP contribution < -0.4 is 4.90 Å². The number of hydrogen-bond acceptors (Lipinski definition) is 2. The first kappa shape index (κ1) is 12.9. The molecule has 0 atom stereocenters. The van der Waals surface area contributed by atoms with Crippen LogP contribution in [0, 0.1) is 0 Å². The van der Waals surface area contributed by atoms with Gasteiger partial charge in [0.25, 0.3) is 0 Å². The fraction of sp³-hybridized carbons (Fsp3) is 0.278. The topological polar surface area (TPSA) is 20.3 Å². The van der Waals surface area contributed by atoms with Crippen molar-refractivity contribution in [2.24, 2.45) is 0 Å². The monoisotopic (exact) mass is 265 g/mol. The van der Waals surface area contributed by atoms with E-state index in [2.05, 4.69) is 53.4 Å². The van der Waals surface area contributed by atoms with Crippen molar-refractivity contribution in [3.8, 4) is 0 Å². The van der Waals surface area contributed by atoms with Crippen LogP contribution in [0.4, 0.5) is 11.4 Å². The maximum absolute atomic E-state index is 11.5. The molecular formula is C18H19NO. The van der Waals surface area contributed by atoms with E-state index >= 15 is 0 Å². The van der Waals surface area contributed by atoms with Gasteiger partial charge >= 0.3 is 0 Å². The molecule has 1 aliphatic rings. The summed E-state index contributed by atoms with van der Waals surface area (Å²) in [5.41, 5.74) is 2.41. The maximum Gasteiger partial charge on any atom is 0.133 e. The number of benzene rings is 2. The SMILES string of the molecule is O=C1CCC(N(c2ccccc2)c2ccccc2)CC1. The first-order valence-corrected chi connectivity index (χ1v) is 7.25. The quantitative estimate of drug-likeness (QED) is 0.823. The van der Waals surface area contributed by atoms with Gasteiger partial charge in [0.2, 0.25) is 0 Å². The van der Waals surface area contributed by atoms with E-state index in [1.165, 1.54) is 11.4 Å². The summed E-state index contributed by atoms with van der Waals surface area (Å²) in [6.45, 7) is 0. The minimum atomic E-state index is 0.405. The molecule has 2 aromatic rings. The lowest BCUT2D eigenvalue weighted by atomic mass is 9.92. The van der Waals surface area contributed by atoms with Crippen molar-refractivity contribution in [3.05, 3.63) is 60.7 Å². The van der Waals surface area contributed by atoms with Crippen LogP contribution in [-0.2, 0) is 4.79 Å². The molecule has 0 radical (unpaired) electrons. The van der Waals surface area contributed by atoms with Crippen molar-refractivity contribution in [1.82, 2.24) is 0 Å². The molecule has 0 heterocycles. The van der Waals surface area contributed by atoms with E-state index in [9.17, 15) is 4.79 Å². The predicted molar refractivity (Wildman–Crippen MR) is 82.3 cm³/mol. The van der Waals surface area contributed by atoms with Gasteiger partial charge in [-0.05, 0) is 37.1 Å². The van der Waals surface area contributed by atoms with Crippen molar-refractivity contribution in [2.45, 2.75) is 31.7 Å². The summed E-state index contributed by atoms with van der Waals surface area (Å²) in [4.78, 5) is 13.9. The zero-order chi connectivity index (χ0) is 13.8. The number of nitrogens with zero attached hydrogens (tertiary/aromatic N) is 1. The summed E-state index contributed by atoms with van der Waals surface area (Å²) in [6.07, 6.45) is 3.31. The number of carbonyl (C=O) groups is 1. The summed E-state index contributed by atoms with van der Waals surface area (Å²) < 4.78 is 0. The van der Waals surface area contributed by atoms with Crippen molar-refractivity contribution in [2.75, 3.05) is 4.90 Å². The van der Waals surface area contributed by atoms with Gasteiger partial charge in [-0.1, -0.05) is 36.4 Å². The third-order valence-electron chi connectivity index (χ3n) is 3.95. The third kappa shape index (κ3) is 2.74. The van der Waals surface area contributed by atoms with E-state index in [-0.39, 0.29) is 0 Å². The Morgan fingerprint density at radius 2 is 1.20 bits per heavy atom. The first-order valence-electron chi connectivity index (χ1n) is 7.25. The van der Waals surface area contributed by atoms with E-state index in [0.717, 1.165) is 12.8 Å². The lowest BCUT2D eigenvalue weighted by Gasteiger charge is -2.36. The Morgan fingerprint density at radius 1 is 0.750 bits per heavy atom. The number of rotatable bonds is 3. The van der Waals surface area contributed by atoms with Crippen LogP contribution in [0.5, 0.6) is 0 Å². The van der Waals surface area contributed by atoms with E-state index in [0.29, 0.717) is 24.7 Å². The number of anilines is 2. The lowest BCUT2D eigenvalue weighted by molar-refractivity contribution is -0.120. The number of Topliss-reactive ketones (excluding diaryl/α,β-unsaturated/α-hetero) is 1. The van der Waals surface area contributed by atoms with E-state index in [1.54, 1.807) is 0 Å². The molecule has 1 fully saturated rings. The Labute approximate surface area is 120 Å². The van der Waals surface area contributed by atoms with Crippen LogP contribution in [0.15, 0.2) is 60.7 Å². The molecule has 0 aliphatic heterocycles. The minimum Gasteiger partial charge on any atom is -0.338 e. The highest BCUT2D eigenvalue weighted by atomic mass is 16.1. The molecular weight excluding hydrogens is 246 g/mol. The van der Waals surface area contributed by atoms with Crippen LogP contribution in [-0.4, -0.2) is 11.8 Å². The van der Waals surface area contributed by atoms with Crippen LogP contribution >= 0.6 is 0 Å². The number of carbonyl (C=O) groups excluding carboxylic acids is 1. The molecule has 1 saturated carbocycles. The highest BCUT2D eigenvalue weighted by Gasteiger charge is 2.25. The second-order valence-electron chi connectivity index (χ2n) is 5.31. The average molecular weight is 265 g/mol. The standard InChI is InChI=1S/C18H19NO/c20-18-13-11-17(12-14-18)19(15-7-3-1-4-8-15)16-9-5-2-6-10-16/h1-10,17H,11-14H2. The summed E-state index contributed by atoms with van der Waals surface area (Å²) in [6, 6.07) is 21.3. The highest BCUT2D eigenvalue weighted by molar-refractivity contribution is 5.79. The molecule has 20 heavy (non-hydrogen) atoms. The van der Waals surface area contributed by atoms with Crippen molar-refractivity contribution in [1.29, 1.82) is 0 Å². The number of para-hydroxylation sites is 2. The number of ketones is 1. The van der Waals surface area contributed by atoms with Crippen molar-refractivity contribution >= 4 is 17.2 Å². The van der Waals surface area contributed by atoms with E-state index in [1.807, 2.05) is 12.1 Å². The Balaban J connectivity index is 1.94. The zero-order valence-corrected chi connectivity index (χ0v) is 11.5. The molecule has 0 saturated heterocycles. The lowest BCUT2D eigenvalue weighted by Crippen LogP contribution is -2.34. The second-order valence-corrected chi connectivity index (χ2v) is 5.31. The molecule has 2 aromatic carbocycles. The molecule has 0 bridgehead atoms. The molecule has 102 valence electrons. The van der Waals surface area contributed by atoms with Crippen molar-refractivity contribution < 1.29 is 4.79 Å². The van der Waals surface area contributed by atoms with Gasteiger partial charge in [0.05, 0.1) is 0 Å². The molecule has 0 N–H and O–H groups in total. The van der Waals surface area contributed by atoms with Gasteiger partial charge in [0.15, 0.2) is 0 Å².